The van der Waals surface area contributed by atoms with Gasteiger partial charge >= 0.3 is 5.97 Å². The number of benzene rings is 1. The Hall–Kier alpha value is -2.05. The van der Waals surface area contributed by atoms with Gasteiger partial charge in [-0.2, -0.15) is 0 Å². The van der Waals surface area contributed by atoms with Gasteiger partial charge in [-0.05, 0) is 38.2 Å². The summed E-state index contributed by atoms with van der Waals surface area (Å²) >= 11 is 0. The van der Waals surface area contributed by atoms with E-state index >= 15 is 0 Å². The first kappa shape index (κ1) is 20.3. The molecular formula is C20H27NO5. The highest BCUT2D eigenvalue weighted by atomic mass is 16.4. The van der Waals surface area contributed by atoms with Gasteiger partial charge in [0, 0.05) is 5.92 Å². The molecule has 26 heavy (non-hydrogen) atoms. The summed E-state index contributed by atoms with van der Waals surface area (Å²) in [6, 6.07) is 8.90. The predicted molar refractivity (Wildman–Crippen MR) is 96.7 cm³/mol. The number of carboxylic acids is 1. The first-order valence-corrected chi connectivity index (χ1v) is 9.08. The van der Waals surface area contributed by atoms with Gasteiger partial charge in [-0.15, -0.1) is 0 Å². The average molecular weight is 361 g/mol. The Morgan fingerprint density at radius 2 is 1.92 bits per heavy atom. The molecule has 1 aliphatic rings. The molecule has 1 aromatic rings. The highest BCUT2D eigenvalue weighted by molar-refractivity contribution is 5.90. The van der Waals surface area contributed by atoms with Crippen LogP contribution in [0, 0.1) is 11.8 Å². The molecule has 0 heterocycles. The van der Waals surface area contributed by atoms with E-state index < -0.39 is 36.0 Å². The standard InChI is InChI=1S/C20H27NO5/c1-14(18(24)16-8-5-9-17(16)19(25)26)21-20(12-22,13-23)11-10-15-6-3-2-4-7-15/h2-4,6-7,12,14,16-17,21,23H,5,8-11,13H2,1H3,(H,25,26)/t14-,16?,17+,20-/m0/s1. The van der Waals surface area contributed by atoms with Crippen molar-refractivity contribution in [3.8, 4) is 0 Å². The maximum Gasteiger partial charge on any atom is 0.307 e. The molecule has 1 aliphatic carbocycles. The van der Waals surface area contributed by atoms with Crippen LogP contribution in [0.4, 0.5) is 0 Å². The third kappa shape index (κ3) is 4.77. The number of carbonyl (C=O) groups excluding carboxylic acids is 2. The number of rotatable bonds is 10. The lowest BCUT2D eigenvalue weighted by Crippen LogP contribution is -2.57. The Kier molecular flexibility index (Phi) is 7.06. The van der Waals surface area contributed by atoms with Crippen LogP contribution in [0.25, 0.3) is 0 Å². The largest absolute Gasteiger partial charge is 0.481 e. The lowest BCUT2D eigenvalue weighted by atomic mass is 9.86. The number of aliphatic hydroxyl groups excluding tert-OH is 1. The first-order valence-electron chi connectivity index (χ1n) is 9.08. The lowest BCUT2D eigenvalue weighted by Gasteiger charge is -2.32. The molecule has 0 spiro atoms. The third-order valence-corrected chi connectivity index (χ3v) is 5.34. The Bertz CT molecular complexity index is 632. The molecule has 4 atom stereocenters. The van der Waals surface area contributed by atoms with Crippen LogP contribution >= 0.6 is 0 Å². The van der Waals surface area contributed by atoms with Crippen molar-refractivity contribution in [1.82, 2.24) is 5.32 Å². The Morgan fingerprint density at radius 3 is 2.50 bits per heavy atom. The maximum absolute atomic E-state index is 12.7. The van der Waals surface area contributed by atoms with Crippen molar-refractivity contribution in [3.05, 3.63) is 35.9 Å². The smallest absolute Gasteiger partial charge is 0.307 e. The van der Waals surface area contributed by atoms with Gasteiger partial charge in [0.1, 0.15) is 6.29 Å². The van der Waals surface area contributed by atoms with Crippen LogP contribution in [0.2, 0.25) is 0 Å². The number of carboxylic acid groups (broad SMARTS) is 1. The van der Waals surface area contributed by atoms with Gasteiger partial charge in [-0.1, -0.05) is 36.8 Å². The van der Waals surface area contributed by atoms with Crippen molar-refractivity contribution in [2.75, 3.05) is 6.61 Å². The van der Waals surface area contributed by atoms with E-state index in [2.05, 4.69) is 5.32 Å². The van der Waals surface area contributed by atoms with Crippen LogP contribution in [0.15, 0.2) is 30.3 Å². The van der Waals surface area contributed by atoms with Gasteiger partial charge in [0.25, 0.3) is 0 Å². The van der Waals surface area contributed by atoms with Gasteiger partial charge in [-0.25, -0.2) is 0 Å². The summed E-state index contributed by atoms with van der Waals surface area (Å²) in [5.41, 5.74) is -0.183. The summed E-state index contributed by atoms with van der Waals surface area (Å²) in [6.45, 7) is 1.21. The molecule has 0 aromatic heterocycles. The van der Waals surface area contributed by atoms with E-state index in [1.165, 1.54) is 0 Å². The number of aldehydes is 1. The highest BCUT2D eigenvalue weighted by Gasteiger charge is 2.41. The van der Waals surface area contributed by atoms with E-state index in [0.29, 0.717) is 38.4 Å². The van der Waals surface area contributed by atoms with Crippen molar-refractivity contribution >= 4 is 18.0 Å². The summed E-state index contributed by atoms with van der Waals surface area (Å²) in [5.74, 6) is -2.33. The molecule has 142 valence electrons. The molecular weight excluding hydrogens is 334 g/mol. The summed E-state index contributed by atoms with van der Waals surface area (Å²) in [6.07, 6.45) is 3.36. The number of hydrogen-bond acceptors (Lipinski definition) is 5. The van der Waals surface area contributed by atoms with E-state index in [0.717, 1.165) is 5.56 Å². The number of hydrogen-bond donors (Lipinski definition) is 3. The molecule has 6 nitrogen and oxygen atoms in total. The van der Waals surface area contributed by atoms with Crippen LogP contribution in [-0.4, -0.2) is 46.4 Å². The zero-order valence-electron chi connectivity index (χ0n) is 15.1. The number of Topliss-reactive ketones (excluding diaryl/α,β-unsaturated/α-hetero) is 1. The second-order valence-electron chi connectivity index (χ2n) is 7.17. The summed E-state index contributed by atoms with van der Waals surface area (Å²) in [4.78, 5) is 35.8. The van der Waals surface area contributed by atoms with Gasteiger partial charge < -0.3 is 15.0 Å². The topological polar surface area (TPSA) is 104 Å². The lowest BCUT2D eigenvalue weighted by molar-refractivity contribution is -0.146. The van der Waals surface area contributed by atoms with Crippen LogP contribution < -0.4 is 5.32 Å². The fraction of sp³-hybridized carbons (Fsp3) is 0.550. The predicted octanol–water partition coefficient (Wildman–Crippen LogP) is 1.60. The molecule has 3 N–H and O–H groups in total. The molecule has 2 rings (SSSR count). The normalized spacial score (nSPS) is 23.2. The average Bonchev–Trinajstić information content (AvgIpc) is 3.15. The van der Waals surface area contributed by atoms with E-state index in [4.69, 9.17) is 0 Å². The molecule has 0 saturated heterocycles. The number of carbonyl (C=O) groups is 3. The molecule has 0 bridgehead atoms. The minimum Gasteiger partial charge on any atom is -0.481 e. The number of aliphatic carboxylic acids is 1. The van der Waals surface area contributed by atoms with E-state index in [1.54, 1.807) is 6.92 Å². The summed E-state index contributed by atoms with van der Waals surface area (Å²) in [7, 11) is 0. The van der Waals surface area contributed by atoms with Gasteiger partial charge in [0.2, 0.25) is 0 Å². The monoisotopic (exact) mass is 361 g/mol. The SMILES string of the molecule is C[C@H](N[C@@](C=O)(CO)CCc1ccccc1)C(=O)C1CCC[C@H]1C(=O)O. The van der Waals surface area contributed by atoms with Crippen molar-refractivity contribution in [3.63, 3.8) is 0 Å². The molecule has 1 aromatic carbocycles. The molecule has 0 aliphatic heterocycles. The Labute approximate surface area is 153 Å². The Morgan fingerprint density at radius 1 is 1.27 bits per heavy atom. The quantitative estimate of drug-likeness (QED) is 0.547. The first-order chi connectivity index (χ1) is 12.4. The molecule has 1 unspecified atom stereocenters. The third-order valence-electron chi connectivity index (χ3n) is 5.34. The molecule has 6 heteroatoms. The minimum absolute atomic E-state index is 0.200. The van der Waals surface area contributed by atoms with E-state index in [1.807, 2.05) is 30.3 Å². The van der Waals surface area contributed by atoms with Gasteiger partial charge in [0.05, 0.1) is 24.1 Å². The van der Waals surface area contributed by atoms with Crippen LogP contribution in [-0.2, 0) is 20.8 Å². The van der Waals surface area contributed by atoms with Gasteiger partial charge in [0.15, 0.2) is 5.78 Å². The number of nitrogens with one attached hydrogen (secondary N) is 1. The zero-order chi connectivity index (χ0) is 19.2. The van der Waals surface area contributed by atoms with Crippen molar-refractivity contribution in [1.29, 1.82) is 0 Å². The van der Waals surface area contributed by atoms with Crippen LogP contribution in [0.1, 0.15) is 38.2 Å². The number of aryl methyl sites for hydroxylation is 1. The number of ketones is 1. The van der Waals surface area contributed by atoms with Crippen molar-refractivity contribution in [2.45, 2.75) is 50.6 Å². The molecule has 1 saturated carbocycles. The summed E-state index contributed by atoms with van der Waals surface area (Å²) in [5, 5.41) is 22.0. The van der Waals surface area contributed by atoms with Crippen LogP contribution in [0.3, 0.4) is 0 Å². The minimum atomic E-state index is -1.22. The molecule has 0 amide bonds. The highest BCUT2D eigenvalue weighted by Crippen LogP contribution is 2.33. The van der Waals surface area contributed by atoms with Gasteiger partial charge in [-0.3, -0.25) is 14.9 Å². The molecule has 0 radical (unpaired) electrons. The second-order valence-corrected chi connectivity index (χ2v) is 7.17. The van der Waals surface area contributed by atoms with Crippen molar-refractivity contribution < 1.29 is 24.6 Å². The fourth-order valence-corrected chi connectivity index (χ4v) is 3.76. The molecule has 1 fully saturated rings. The number of aliphatic hydroxyl groups is 1. The van der Waals surface area contributed by atoms with E-state index in [-0.39, 0.29) is 5.78 Å². The second kappa shape index (κ2) is 9.05. The van der Waals surface area contributed by atoms with E-state index in [9.17, 15) is 24.6 Å². The Balaban J connectivity index is 2.04. The summed E-state index contributed by atoms with van der Waals surface area (Å²) < 4.78 is 0. The van der Waals surface area contributed by atoms with Crippen LogP contribution in [0.5, 0.6) is 0 Å². The maximum atomic E-state index is 12.7. The fourth-order valence-electron chi connectivity index (χ4n) is 3.76. The van der Waals surface area contributed by atoms with Crippen molar-refractivity contribution in [2.24, 2.45) is 11.8 Å². The zero-order valence-corrected chi connectivity index (χ0v) is 15.1.